The first kappa shape index (κ1) is 11.8. The van der Waals surface area contributed by atoms with E-state index in [1.807, 2.05) is 6.07 Å². The van der Waals surface area contributed by atoms with E-state index in [4.69, 9.17) is 0 Å². The average Bonchev–Trinajstić information content (AvgIpc) is 2.28. The lowest BCUT2D eigenvalue weighted by atomic mass is 9.98. The third-order valence-corrected chi connectivity index (χ3v) is 2.91. The lowest BCUT2D eigenvalue weighted by Gasteiger charge is -2.27. The summed E-state index contributed by atoms with van der Waals surface area (Å²) in [5, 5.41) is 9.20. The molecule has 4 heteroatoms. The Bertz CT molecular complexity index is 454. The van der Waals surface area contributed by atoms with Crippen LogP contribution in [0.4, 0.5) is 0 Å². The van der Waals surface area contributed by atoms with Gasteiger partial charge in [-0.15, -0.1) is 0 Å². The lowest BCUT2D eigenvalue weighted by molar-refractivity contribution is -0.128. The van der Waals surface area contributed by atoms with Crippen molar-refractivity contribution in [3.05, 3.63) is 35.4 Å². The van der Waals surface area contributed by atoms with Crippen LogP contribution in [-0.2, 0) is 11.2 Å². The molecular weight excluding hydrogens is 218 g/mol. The molecule has 1 aliphatic heterocycles. The molecule has 0 saturated heterocycles. The summed E-state index contributed by atoms with van der Waals surface area (Å²) in [6.45, 7) is 1.93. The molecule has 1 aliphatic rings. The summed E-state index contributed by atoms with van der Waals surface area (Å²) < 4.78 is 0. The first-order valence-corrected chi connectivity index (χ1v) is 5.70. The Hall–Kier alpha value is -1.68. The van der Waals surface area contributed by atoms with Gasteiger partial charge in [-0.05, 0) is 25.0 Å². The highest BCUT2D eigenvalue weighted by molar-refractivity contribution is 6.09. The van der Waals surface area contributed by atoms with Crippen LogP contribution in [0.1, 0.15) is 29.3 Å². The number of hydrogen-bond donors (Lipinski definition) is 1. The molecule has 4 nitrogen and oxygen atoms in total. The number of nitrogens with zero attached hydrogens (tertiary/aromatic N) is 1. The van der Waals surface area contributed by atoms with Crippen molar-refractivity contribution in [2.75, 3.05) is 6.54 Å². The van der Waals surface area contributed by atoms with Crippen LogP contribution < -0.4 is 0 Å². The summed E-state index contributed by atoms with van der Waals surface area (Å²) in [6.07, 6.45) is 0.175. The van der Waals surface area contributed by atoms with E-state index in [0.717, 1.165) is 5.56 Å². The van der Waals surface area contributed by atoms with Gasteiger partial charge in [0.15, 0.2) is 0 Å². The molecule has 0 saturated carbocycles. The molecule has 1 unspecified atom stereocenters. The van der Waals surface area contributed by atoms with Gasteiger partial charge in [0, 0.05) is 12.1 Å². The zero-order valence-corrected chi connectivity index (χ0v) is 9.72. The van der Waals surface area contributed by atoms with Gasteiger partial charge in [0.1, 0.15) is 0 Å². The molecule has 0 aliphatic carbocycles. The Morgan fingerprint density at radius 3 is 2.76 bits per heavy atom. The number of rotatable bonds is 3. The van der Waals surface area contributed by atoms with Gasteiger partial charge < -0.3 is 5.11 Å². The zero-order valence-electron chi connectivity index (χ0n) is 9.72. The normalized spacial score (nSPS) is 16.9. The molecule has 0 fully saturated rings. The van der Waals surface area contributed by atoms with Crippen molar-refractivity contribution in [3.8, 4) is 0 Å². The first-order valence-electron chi connectivity index (χ1n) is 5.70. The van der Waals surface area contributed by atoms with Crippen LogP contribution in [0.3, 0.4) is 0 Å². The third kappa shape index (κ3) is 2.36. The minimum atomic E-state index is -0.507. The number of aliphatic hydroxyl groups is 1. The minimum absolute atomic E-state index is 0.186. The number of imide groups is 1. The number of amides is 2. The highest BCUT2D eigenvalue weighted by Gasteiger charge is 2.30. The van der Waals surface area contributed by atoms with Crippen molar-refractivity contribution in [1.29, 1.82) is 0 Å². The second-order valence-electron chi connectivity index (χ2n) is 4.32. The number of carbonyl (C=O) groups excluding carboxylic acids is 2. The number of hydrogen-bond acceptors (Lipinski definition) is 3. The Morgan fingerprint density at radius 2 is 2.06 bits per heavy atom. The van der Waals surface area contributed by atoms with E-state index in [-0.39, 0.29) is 24.8 Å². The van der Waals surface area contributed by atoms with Gasteiger partial charge in [-0.3, -0.25) is 14.5 Å². The quantitative estimate of drug-likeness (QED) is 0.792. The van der Waals surface area contributed by atoms with Gasteiger partial charge in [-0.2, -0.15) is 0 Å². The molecule has 1 aromatic rings. The third-order valence-electron chi connectivity index (χ3n) is 2.91. The largest absolute Gasteiger partial charge is 0.393 e. The van der Waals surface area contributed by atoms with Crippen LogP contribution in [0.25, 0.3) is 0 Å². The second kappa shape index (κ2) is 4.67. The van der Waals surface area contributed by atoms with Crippen molar-refractivity contribution < 1.29 is 14.7 Å². The van der Waals surface area contributed by atoms with Gasteiger partial charge in [0.25, 0.3) is 5.91 Å². The highest BCUT2D eigenvalue weighted by atomic mass is 16.3. The molecule has 17 heavy (non-hydrogen) atoms. The summed E-state index contributed by atoms with van der Waals surface area (Å²) in [5.74, 6) is -0.438. The van der Waals surface area contributed by atoms with Crippen molar-refractivity contribution in [2.45, 2.75) is 25.9 Å². The molecule has 2 amide bonds. The number of fused-ring (bicyclic) bond motifs is 1. The minimum Gasteiger partial charge on any atom is -0.393 e. The highest BCUT2D eigenvalue weighted by Crippen LogP contribution is 2.19. The summed E-state index contributed by atoms with van der Waals surface area (Å²) >= 11 is 0. The van der Waals surface area contributed by atoms with Gasteiger partial charge in [0.05, 0.1) is 12.5 Å². The van der Waals surface area contributed by atoms with Gasteiger partial charge in [-0.25, -0.2) is 0 Å². The molecule has 0 aromatic heterocycles. The smallest absolute Gasteiger partial charge is 0.260 e. The van der Waals surface area contributed by atoms with Crippen molar-refractivity contribution >= 4 is 11.8 Å². The second-order valence-corrected chi connectivity index (χ2v) is 4.32. The van der Waals surface area contributed by atoms with E-state index in [2.05, 4.69) is 0 Å². The van der Waals surface area contributed by atoms with E-state index >= 15 is 0 Å². The van der Waals surface area contributed by atoms with Crippen LogP contribution in [0, 0.1) is 0 Å². The number of aliphatic hydroxyl groups excluding tert-OH is 1. The van der Waals surface area contributed by atoms with Crippen LogP contribution in [0.5, 0.6) is 0 Å². The van der Waals surface area contributed by atoms with Gasteiger partial charge >= 0.3 is 0 Å². The van der Waals surface area contributed by atoms with Crippen LogP contribution in [0.15, 0.2) is 24.3 Å². The predicted molar refractivity (Wildman–Crippen MR) is 62.5 cm³/mol. The fourth-order valence-corrected chi connectivity index (χ4v) is 1.94. The fourth-order valence-electron chi connectivity index (χ4n) is 1.94. The number of benzene rings is 1. The molecule has 2 rings (SSSR count). The maximum atomic E-state index is 12.1. The van der Waals surface area contributed by atoms with E-state index in [1.165, 1.54) is 4.90 Å². The van der Waals surface area contributed by atoms with E-state index in [0.29, 0.717) is 12.0 Å². The summed E-state index contributed by atoms with van der Waals surface area (Å²) in [4.78, 5) is 25.1. The molecule has 1 aromatic carbocycles. The Kier molecular flexibility index (Phi) is 3.24. The van der Waals surface area contributed by atoms with Crippen molar-refractivity contribution in [3.63, 3.8) is 0 Å². The maximum absolute atomic E-state index is 12.1. The van der Waals surface area contributed by atoms with Crippen LogP contribution >= 0.6 is 0 Å². The molecular formula is C13H15NO3. The summed E-state index contributed by atoms with van der Waals surface area (Å²) in [6, 6.07) is 7.15. The van der Waals surface area contributed by atoms with Crippen LogP contribution in [-0.4, -0.2) is 34.5 Å². The summed E-state index contributed by atoms with van der Waals surface area (Å²) in [7, 11) is 0. The molecule has 1 atom stereocenters. The number of carbonyl (C=O) groups is 2. The van der Waals surface area contributed by atoms with E-state index in [1.54, 1.807) is 25.1 Å². The molecule has 90 valence electrons. The first-order chi connectivity index (χ1) is 8.09. The SMILES string of the molecule is CC(O)CCN1C(=O)Cc2ccccc2C1=O. The van der Waals surface area contributed by atoms with Gasteiger partial charge in [0.2, 0.25) is 5.91 Å². The predicted octanol–water partition coefficient (Wildman–Crippen LogP) is 0.982. The van der Waals surface area contributed by atoms with Crippen LogP contribution in [0.2, 0.25) is 0 Å². The van der Waals surface area contributed by atoms with E-state index < -0.39 is 6.10 Å². The zero-order chi connectivity index (χ0) is 12.4. The Labute approximate surface area is 99.9 Å². The standard InChI is InChI=1S/C13H15NO3/c1-9(15)6-7-14-12(16)8-10-4-2-3-5-11(10)13(14)17/h2-5,9,15H,6-8H2,1H3. The Balaban J connectivity index is 2.21. The maximum Gasteiger partial charge on any atom is 0.260 e. The molecule has 1 heterocycles. The topological polar surface area (TPSA) is 57.6 Å². The molecule has 0 spiro atoms. The molecule has 0 radical (unpaired) electrons. The van der Waals surface area contributed by atoms with Gasteiger partial charge in [-0.1, -0.05) is 18.2 Å². The lowest BCUT2D eigenvalue weighted by Crippen LogP contribution is -2.43. The molecule has 1 N–H and O–H groups in total. The van der Waals surface area contributed by atoms with Crippen molar-refractivity contribution in [2.24, 2.45) is 0 Å². The molecule has 0 bridgehead atoms. The monoisotopic (exact) mass is 233 g/mol. The summed E-state index contributed by atoms with van der Waals surface area (Å²) in [5.41, 5.74) is 1.38. The average molecular weight is 233 g/mol. The van der Waals surface area contributed by atoms with Crippen molar-refractivity contribution in [1.82, 2.24) is 4.90 Å². The fraction of sp³-hybridized carbons (Fsp3) is 0.385. The Morgan fingerprint density at radius 1 is 1.35 bits per heavy atom. The van der Waals surface area contributed by atoms with E-state index in [9.17, 15) is 14.7 Å².